The van der Waals surface area contributed by atoms with Gasteiger partial charge >= 0.3 is 12.0 Å². The van der Waals surface area contributed by atoms with E-state index in [1.165, 1.54) is 19.2 Å². The Labute approximate surface area is 164 Å². The zero-order valence-corrected chi connectivity index (χ0v) is 17.1. The summed E-state index contributed by atoms with van der Waals surface area (Å²) in [6, 6.07) is 4.29. The summed E-state index contributed by atoms with van der Waals surface area (Å²) < 4.78 is 6.70. The Kier molecular flexibility index (Phi) is 6.85. The third-order valence-corrected chi connectivity index (χ3v) is 4.74. The summed E-state index contributed by atoms with van der Waals surface area (Å²) in [4.78, 5) is 26.0. The lowest BCUT2D eigenvalue weighted by Gasteiger charge is -2.19. The summed E-state index contributed by atoms with van der Waals surface area (Å²) >= 11 is 5.99. The monoisotopic (exact) mass is 392 g/mol. The van der Waals surface area contributed by atoms with Crippen molar-refractivity contribution in [3.63, 3.8) is 0 Å². The Morgan fingerprint density at radius 1 is 1.33 bits per heavy atom. The van der Waals surface area contributed by atoms with E-state index in [-0.39, 0.29) is 11.6 Å². The number of nitrogens with one attached hydrogen (secondary N) is 1. The van der Waals surface area contributed by atoms with Crippen LogP contribution in [0.25, 0.3) is 0 Å². The number of anilines is 1. The number of ether oxygens (including phenoxy) is 1. The van der Waals surface area contributed by atoms with E-state index in [1.807, 2.05) is 25.5 Å². The Balaban J connectivity index is 2.08. The molecule has 1 aromatic heterocycles. The van der Waals surface area contributed by atoms with Gasteiger partial charge in [-0.2, -0.15) is 5.10 Å². The fourth-order valence-electron chi connectivity index (χ4n) is 2.90. The number of likely N-dealkylation sites (N-methyl/N-ethyl adjacent to an activating group) is 1. The molecule has 2 aromatic rings. The first-order chi connectivity index (χ1) is 12.8. The quantitative estimate of drug-likeness (QED) is 0.761. The van der Waals surface area contributed by atoms with Gasteiger partial charge in [0.15, 0.2) is 0 Å². The molecule has 7 nitrogen and oxygen atoms in total. The number of hydrogen-bond donors (Lipinski definition) is 1. The number of urea groups is 1. The molecular weight excluding hydrogens is 368 g/mol. The van der Waals surface area contributed by atoms with E-state index in [0.29, 0.717) is 23.7 Å². The lowest BCUT2D eigenvalue weighted by atomic mass is 10.1. The minimum absolute atomic E-state index is 0.250. The average molecular weight is 393 g/mol. The maximum absolute atomic E-state index is 12.5. The Bertz CT molecular complexity index is 848. The third kappa shape index (κ3) is 4.80. The molecule has 2 rings (SSSR count). The van der Waals surface area contributed by atoms with Crippen molar-refractivity contribution in [3.05, 3.63) is 45.7 Å². The first-order valence-corrected chi connectivity index (χ1v) is 9.09. The topological polar surface area (TPSA) is 76.5 Å². The number of aromatic nitrogens is 2. The van der Waals surface area contributed by atoms with E-state index in [4.69, 9.17) is 16.3 Å². The van der Waals surface area contributed by atoms with Crippen molar-refractivity contribution in [3.8, 4) is 0 Å². The predicted molar refractivity (Wildman–Crippen MR) is 106 cm³/mol. The van der Waals surface area contributed by atoms with Gasteiger partial charge in [0.25, 0.3) is 0 Å². The number of rotatable bonds is 6. The van der Waals surface area contributed by atoms with Crippen molar-refractivity contribution in [2.45, 2.75) is 33.7 Å². The molecule has 1 aromatic carbocycles. The Morgan fingerprint density at radius 3 is 2.63 bits per heavy atom. The molecule has 1 N–H and O–H groups in total. The fraction of sp³-hybridized carbons (Fsp3) is 0.421. The van der Waals surface area contributed by atoms with Crippen LogP contribution in [0.5, 0.6) is 0 Å². The van der Waals surface area contributed by atoms with Gasteiger partial charge in [0.2, 0.25) is 0 Å². The van der Waals surface area contributed by atoms with Gasteiger partial charge in [-0.1, -0.05) is 11.6 Å². The van der Waals surface area contributed by atoms with Gasteiger partial charge in [-0.3, -0.25) is 4.68 Å². The van der Waals surface area contributed by atoms with Crippen LogP contribution < -0.4 is 5.32 Å². The number of benzene rings is 1. The smallest absolute Gasteiger partial charge is 0.339 e. The van der Waals surface area contributed by atoms with Crippen LogP contribution >= 0.6 is 11.6 Å². The number of amides is 2. The number of halogens is 1. The summed E-state index contributed by atoms with van der Waals surface area (Å²) in [5.74, 6) is -0.539. The predicted octanol–water partition coefficient (Wildman–Crippen LogP) is 3.67. The lowest BCUT2D eigenvalue weighted by Crippen LogP contribution is -2.33. The number of hydrogen-bond acceptors (Lipinski definition) is 4. The van der Waals surface area contributed by atoms with E-state index in [2.05, 4.69) is 10.4 Å². The summed E-state index contributed by atoms with van der Waals surface area (Å²) in [5, 5.41) is 7.65. The van der Waals surface area contributed by atoms with Crippen LogP contribution in [-0.2, 0) is 17.7 Å². The molecule has 0 atom stereocenters. The molecule has 0 saturated carbocycles. The minimum Gasteiger partial charge on any atom is -0.465 e. The van der Waals surface area contributed by atoms with Crippen molar-refractivity contribution in [1.82, 2.24) is 14.7 Å². The normalized spacial score (nSPS) is 10.6. The second-order valence-corrected chi connectivity index (χ2v) is 6.68. The molecule has 0 saturated heterocycles. The third-order valence-electron chi connectivity index (χ3n) is 4.50. The molecule has 0 spiro atoms. The number of esters is 1. The molecule has 0 fully saturated rings. The van der Waals surface area contributed by atoms with Gasteiger partial charge in [-0.25, -0.2) is 9.59 Å². The zero-order valence-electron chi connectivity index (χ0n) is 16.3. The molecule has 27 heavy (non-hydrogen) atoms. The van der Waals surface area contributed by atoms with Crippen LogP contribution in [0.3, 0.4) is 0 Å². The van der Waals surface area contributed by atoms with Crippen LogP contribution in [0.1, 0.15) is 34.2 Å². The lowest BCUT2D eigenvalue weighted by molar-refractivity contribution is 0.0602. The molecule has 1 heterocycles. The molecule has 0 radical (unpaired) electrons. The summed E-state index contributed by atoms with van der Waals surface area (Å²) in [7, 11) is 2.99. The van der Waals surface area contributed by atoms with Crippen molar-refractivity contribution in [2.24, 2.45) is 0 Å². The van der Waals surface area contributed by atoms with Gasteiger partial charge in [-0.05, 0) is 51.0 Å². The number of carbonyl (C=O) groups is 2. The van der Waals surface area contributed by atoms with Gasteiger partial charge in [0.05, 0.1) is 24.1 Å². The molecule has 8 heteroatoms. The van der Waals surface area contributed by atoms with Gasteiger partial charge in [0.1, 0.15) is 0 Å². The summed E-state index contributed by atoms with van der Waals surface area (Å²) in [5.41, 5.74) is 3.81. The largest absolute Gasteiger partial charge is 0.465 e. The first-order valence-electron chi connectivity index (χ1n) is 8.71. The minimum atomic E-state index is -0.539. The SMILES string of the molecule is CCn1nc(C)c(CCN(C)C(=O)Nc2cc(Cl)ccc2C(=O)OC)c1C. The van der Waals surface area contributed by atoms with Gasteiger partial charge in [-0.15, -0.1) is 0 Å². The van der Waals surface area contributed by atoms with Crippen LogP contribution in [0.4, 0.5) is 10.5 Å². The van der Waals surface area contributed by atoms with Crippen molar-refractivity contribution in [2.75, 3.05) is 26.0 Å². The average Bonchev–Trinajstić information content (AvgIpc) is 2.92. The summed E-state index contributed by atoms with van der Waals surface area (Å²) in [6.45, 7) is 7.38. The van der Waals surface area contributed by atoms with Gasteiger partial charge in [0, 0.05) is 30.9 Å². The highest BCUT2D eigenvalue weighted by Gasteiger charge is 2.18. The second-order valence-electron chi connectivity index (χ2n) is 6.25. The maximum atomic E-state index is 12.5. The van der Waals surface area contributed by atoms with E-state index < -0.39 is 5.97 Å². The number of methoxy groups -OCH3 is 1. The number of nitrogens with zero attached hydrogens (tertiary/aromatic N) is 3. The highest BCUT2D eigenvalue weighted by Crippen LogP contribution is 2.22. The van der Waals surface area contributed by atoms with Crippen LogP contribution in [0.2, 0.25) is 5.02 Å². The van der Waals surface area contributed by atoms with Crippen LogP contribution in [-0.4, -0.2) is 47.4 Å². The van der Waals surface area contributed by atoms with Crippen molar-refractivity contribution < 1.29 is 14.3 Å². The van der Waals surface area contributed by atoms with Crippen molar-refractivity contribution >= 4 is 29.3 Å². The Hall–Kier alpha value is -2.54. The molecule has 2 amide bonds. The second kappa shape index (κ2) is 8.90. The summed E-state index contributed by atoms with van der Waals surface area (Å²) in [6.07, 6.45) is 0.695. The maximum Gasteiger partial charge on any atom is 0.339 e. The highest BCUT2D eigenvalue weighted by molar-refractivity contribution is 6.31. The molecular formula is C19H25ClN4O3. The zero-order chi connectivity index (χ0) is 20.1. The van der Waals surface area contributed by atoms with Crippen molar-refractivity contribution in [1.29, 1.82) is 0 Å². The van der Waals surface area contributed by atoms with E-state index in [9.17, 15) is 9.59 Å². The molecule has 146 valence electrons. The molecule has 0 unspecified atom stereocenters. The first kappa shape index (κ1) is 20.8. The van der Waals surface area contributed by atoms with Crippen LogP contribution in [0.15, 0.2) is 18.2 Å². The van der Waals surface area contributed by atoms with E-state index >= 15 is 0 Å². The van der Waals surface area contributed by atoms with E-state index in [0.717, 1.165) is 23.5 Å². The van der Waals surface area contributed by atoms with E-state index in [1.54, 1.807) is 18.0 Å². The Morgan fingerprint density at radius 2 is 2.04 bits per heavy atom. The number of carbonyl (C=O) groups excluding carboxylic acids is 2. The molecule has 0 aliphatic rings. The molecule has 0 bridgehead atoms. The molecule has 0 aliphatic carbocycles. The standard InChI is InChI=1S/C19H25ClN4O3/c1-6-24-13(3)15(12(2)22-24)9-10-23(4)19(26)21-17-11-14(20)7-8-16(17)18(25)27-5/h7-8,11H,6,9-10H2,1-5H3,(H,21,26). The van der Waals surface area contributed by atoms with Gasteiger partial charge < -0.3 is 15.0 Å². The number of aryl methyl sites for hydroxylation is 2. The molecule has 0 aliphatic heterocycles. The van der Waals surface area contributed by atoms with Crippen LogP contribution in [0, 0.1) is 13.8 Å². The highest BCUT2D eigenvalue weighted by atomic mass is 35.5. The fourth-order valence-corrected chi connectivity index (χ4v) is 3.08.